The lowest BCUT2D eigenvalue weighted by Gasteiger charge is -2.22. The zero-order valence-corrected chi connectivity index (χ0v) is 16.5. The van der Waals surface area contributed by atoms with Crippen LogP contribution in [0, 0.1) is 5.92 Å². The molecule has 1 amide bonds. The summed E-state index contributed by atoms with van der Waals surface area (Å²) in [4.78, 5) is 12.2. The van der Waals surface area contributed by atoms with Crippen molar-refractivity contribution in [2.75, 3.05) is 19.8 Å². The Bertz CT molecular complexity index is 639. The number of aliphatic hydroxyl groups is 1. The molecule has 1 fully saturated rings. The third kappa shape index (κ3) is 6.19. The molecular formula is C21H32N2O4. The first-order valence-corrected chi connectivity index (χ1v) is 9.89. The number of rotatable bonds is 8. The number of amides is 1. The second-order valence-corrected chi connectivity index (χ2v) is 8.66. The number of carbonyl (C=O) groups is 1. The Morgan fingerprint density at radius 2 is 1.89 bits per heavy atom. The van der Waals surface area contributed by atoms with Crippen LogP contribution >= 0.6 is 0 Å². The van der Waals surface area contributed by atoms with Crippen molar-refractivity contribution >= 4 is 6.09 Å². The van der Waals surface area contributed by atoms with Crippen molar-refractivity contribution < 1.29 is 19.4 Å². The van der Waals surface area contributed by atoms with Gasteiger partial charge < -0.3 is 25.2 Å². The molecular weight excluding hydrogens is 344 g/mol. The highest BCUT2D eigenvalue weighted by Crippen LogP contribution is 2.38. The normalized spacial score (nSPS) is 23.0. The second kappa shape index (κ2) is 8.59. The summed E-state index contributed by atoms with van der Waals surface area (Å²) in [5, 5.41) is 16.5. The summed E-state index contributed by atoms with van der Waals surface area (Å²) in [5.41, 5.74) is 1.73. The summed E-state index contributed by atoms with van der Waals surface area (Å²) >= 11 is 0. The van der Waals surface area contributed by atoms with Crippen LogP contribution in [-0.2, 0) is 9.47 Å². The molecule has 1 aromatic carbocycles. The fourth-order valence-corrected chi connectivity index (χ4v) is 3.41. The minimum atomic E-state index is -0.534. The van der Waals surface area contributed by atoms with Crippen molar-refractivity contribution in [2.45, 2.75) is 63.8 Å². The van der Waals surface area contributed by atoms with E-state index in [-0.39, 0.29) is 12.1 Å². The van der Waals surface area contributed by atoms with Gasteiger partial charge in [0.25, 0.3) is 0 Å². The van der Waals surface area contributed by atoms with Gasteiger partial charge in [0.1, 0.15) is 5.60 Å². The van der Waals surface area contributed by atoms with Gasteiger partial charge in [0.15, 0.2) is 0 Å². The largest absolute Gasteiger partial charge is 0.444 e. The van der Waals surface area contributed by atoms with Crippen LogP contribution in [-0.4, -0.2) is 42.7 Å². The number of hydrogen-bond acceptors (Lipinski definition) is 5. The van der Waals surface area contributed by atoms with E-state index in [9.17, 15) is 9.90 Å². The van der Waals surface area contributed by atoms with Gasteiger partial charge in [-0.25, -0.2) is 4.79 Å². The fourth-order valence-electron chi connectivity index (χ4n) is 3.41. The van der Waals surface area contributed by atoms with E-state index in [2.05, 4.69) is 16.7 Å². The highest BCUT2D eigenvalue weighted by molar-refractivity contribution is 5.68. The summed E-state index contributed by atoms with van der Waals surface area (Å²) in [6.07, 6.45) is 2.29. The van der Waals surface area contributed by atoms with Crippen LogP contribution in [0.3, 0.4) is 0 Å². The highest BCUT2D eigenvalue weighted by Gasteiger charge is 2.32. The number of benzene rings is 1. The van der Waals surface area contributed by atoms with Crippen molar-refractivity contribution in [3.63, 3.8) is 0 Å². The molecule has 3 N–H and O–H groups in total. The van der Waals surface area contributed by atoms with Gasteiger partial charge in [-0.15, -0.1) is 0 Å². The van der Waals surface area contributed by atoms with Crippen LogP contribution in [0.4, 0.5) is 4.79 Å². The topological polar surface area (TPSA) is 79.8 Å². The molecule has 3 atom stereocenters. The summed E-state index contributed by atoms with van der Waals surface area (Å²) < 4.78 is 11.0. The molecule has 0 spiro atoms. The number of fused-ring (bicyclic) bond motifs is 1. The monoisotopic (exact) mass is 376 g/mol. The zero-order chi connectivity index (χ0) is 19.4. The second-order valence-electron chi connectivity index (χ2n) is 8.66. The number of alkyl carbamates (subject to hydrolysis) is 1. The molecule has 0 bridgehead atoms. The van der Waals surface area contributed by atoms with Gasteiger partial charge in [0.2, 0.25) is 0 Å². The highest BCUT2D eigenvalue weighted by atomic mass is 16.6. The van der Waals surface area contributed by atoms with E-state index >= 15 is 0 Å². The number of nitrogens with one attached hydrogen (secondary N) is 2. The van der Waals surface area contributed by atoms with Crippen LogP contribution in [0.15, 0.2) is 24.3 Å². The van der Waals surface area contributed by atoms with Gasteiger partial charge in [-0.1, -0.05) is 24.3 Å². The molecule has 2 aliphatic carbocycles. The molecule has 0 aromatic heterocycles. The summed E-state index contributed by atoms with van der Waals surface area (Å²) in [7, 11) is 0. The van der Waals surface area contributed by atoms with Crippen LogP contribution < -0.4 is 10.6 Å². The van der Waals surface area contributed by atoms with Gasteiger partial charge in [-0.05, 0) is 57.1 Å². The lowest BCUT2D eigenvalue weighted by atomic mass is 10.1. The van der Waals surface area contributed by atoms with Crippen molar-refractivity contribution in [2.24, 2.45) is 5.92 Å². The number of ether oxygens (including phenoxy) is 2. The van der Waals surface area contributed by atoms with Crippen molar-refractivity contribution in [1.82, 2.24) is 10.6 Å². The third-order valence-electron chi connectivity index (χ3n) is 4.87. The predicted octanol–water partition coefficient (Wildman–Crippen LogP) is 3.07. The minimum Gasteiger partial charge on any atom is -0.444 e. The molecule has 1 saturated carbocycles. The van der Waals surface area contributed by atoms with E-state index in [1.54, 1.807) is 0 Å². The van der Waals surface area contributed by atoms with Crippen LogP contribution in [0.5, 0.6) is 0 Å². The maximum absolute atomic E-state index is 12.2. The maximum Gasteiger partial charge on any atom is 0.408 e. The summed E-state index contributed by atoms with van der Waals surface area (Å²) in [5.74, 6) is 0.701. The van der Waals surface area contributed by atoms with Crippen molar-refractivity contribution in [3.05, 3.63) is 35.4 Å². The first-order chi connectivity index (χ1) is 12.8. The average molecular weight is 376 g/mol. The van der Waals surface area contributed by atoms with E-state index in [0.717, 1.165) is 24.2 Å². The molecule has 27 heavy (non-hydrogen) atoms. The molecule has 0 saturated heterocycles. The standard InChI is InChI=1S/C21H32N2O4/c1-21(2,3)27-20(25)23-19-10-18(16-6-4-5-7-17(16)19)22-11-15(24)13-26-12-14-8-9-14/h4-7,14-15,18-19,22,24H,8-13H2,1-3H3,(H,23,25)/t15-,18+,19-/m1/s1. The maximum atomic E-state index is 12.2. The Morgan fingerprint density at radius 3 is 2.52 bits per heavy atom. The SMILES string of the molecule is CC(C)(C)OC(=O)N[C@@H]1C[C@H](NC[C@@H](O)COCC2CC2)c2ccccc21. The van der Waals surface area contributed by atoms with E-state index < -0.39 is 17.8 Å². The Morgan fingerprint density at radius 1 is 1.22 bits per heavy atom. The molecule has 0 unspecified atom stereocenters. The average Bonchev–Trinajstić information content (AvgIpc) is 3.34. The summed E-state index contributed by atoms with van der Waals surface area (Å²) in [6, 6.07) is 8.06. The molecule has 0 heterocycles. The first kappa shape index (κ1) is 20.1. The smallest absolute Gasteiger partial charge is 0.408 e. The van der Waals surface area contributed by atoms with Crippen molar-refractivity contribution in [3.8, 4) is 0 Å². The van der Waals surface area contributed by atoms with Crippen LogP contribution in [0.2, 0.25) is 0 Å². The Labute approximate surface area is 161 Å². The minimum absolute atomic E-state index is 0.0826. The molecule has 6 nitrogen and oxygen atoms in total. The third-order valence-corrected chi connectivity index (χ3v) is 4.87. The number of hydrogen-bond donors (Lipinski definition) is 3. The number of aliphatic hydroxyl groups excluding tert-OH is 1. The lowest BCUT2D eigenvalue weighted by Crippen LogP contribution is -2.35. The Balaban J connectivity index is 1.51. The van der Waals surface area contributed by atoms with E-state index in [4.69, 9.17) is 9.47 Å². The molecule has 2 aliphatic rings. The molecule has 0 aliphatic heterocycles. The predicted molar refractivity (Wildman–Crippen MR) is 103 cm³/mol. The van der Waals surface area contributed by atoms with Gasteiger partial charge in [0, 0.05) is 19.2 Å². The Hall–Kier alpha value is -1.63. The van der Waals surface area contributed by atoms with Gasteiger partial charge >= 0.3 is 6.09 Å². The first-order valence-electron chi connectivity index (χ1n) is 9.89. The molecule has 150 valence electrons. The molecule has 0 radical (unpaired) electrons. The van der Waals surface area contributed by atoms with E-state index in [1.165, 1.54) is 12.8 Å². The van der Waals surface area contributed by atoms with Gasteiger partial charge in [-0.3, -0.25) is 0 Å². The van der Waals surface area contributed by atoms with Crippen LogP contribution in [0.25, 0.3) is 0 Å². The van der Waals surface area contributed by atoms with Crippen LogP contribution in [0.1, 0.15) is 63.2 Å². The Kier molecular flexibility index (Phi) is 6.40. The van der Waals surface area contributed by atoms with Gasteiger partial charge in [-0.2, -0.15) is 0 Å². The lowest BCUT2D eigenvalue weighted by molar-refractivity contribution is 0.0310. The summed E-state index contributed by atoms with van der Waals surface area (Å²) in [6.45, 7) is 7.14. The van der Waals surface area contributed by atoms with E-state index in [1.807, 2.05) is 39.0 Å². The van der Waals surface area contributed by atoms with Gasteiger partial charge in [0.05, 0.1) is 18.8 Å². The number of carbonyl (C=O) groups excluding carboxylic acids is 1. The quantitative estimate of drug-likeness (QED) is 0.650. The van der Waals surface area contributed by atoms with Crippen molar-refractivity contribution in [1.29, 1.82) is 0 Å². The molecule has 1 aromatic rings. The molecule has 6 heteroatoms. The fraction of sp³-hybridized carbons (Fsp3) is 0.667. The molecule has 3 rings (SSSR count). The van der Waals surface area contributed by atoms with E-state index in [0.29, 0.717) is 19.1 Å². The zero-order valence-electron chi connectivity index (χ0n) is 16.5.